The number of nitrogens with one attached hydrogen (secondary N) is 2. The van der Waals surface area contributed by atoms with Crippen LogP contribution in [-0.2, 0) is 4.79 Å². The lowest BCUT2D eigenvalue weighted by Crippen LogP contribution is -2.11. The molecule has 6 heteroatoms. The van der Waals surface area contributed by atoms with Crippen LogP contribution in [-0.4, -0.2) is 10.9 Å². The maximum Gasteiger partial charge on any atom is 0.255 e. The Kier molecular flexibility index (Phi) is 4.69. The third-order valence-corrected chi connectivity index (χ3v) is 4.04. The quantitative estimate of drug-likeness (QED) is 0.677. The summed E-state index contributed by atoms with van der Waals surface area (Å²) in [5.74, 6) is -0.433. The van der Waals surface area contributed by atoms with Crippen LogP contribution in [0.15, 0.2) is 59.4 Å². The van der Waals surface area contributed by atoms with E-state index in [1.54, 1.807) is 24.3 Å². The van der Waals surface area contributed by atoms with Crippen molar-refractivity contribution in [3.8, 4) is 0 Å². The molecule has 3 rings (SSSR count). The molecule has 1 amide bonds. The number of amides is 1. The Morgan fingerprint density at radius 2 is 1.75 bits per heavy atom. The number of fused-ring (bicyclic) bond motifs is 1. The number of carbonyl (C=O) groups is 1. The van der Waals surface area contributed by atoms with Gasteiger partial charge in [0.25, 0.3) is 5.56 Å². The summed E-state index contributed by atoms with van der Waals surface area (Å²) >= 11 is 12.0. The summed E-state index contributed by atoms with van der Waals surface area (Å²) in [7, 11) is 0. The average molecular weight is 359 g/mol. The number of hydrogen-bond donors (Lipinski definition) is 2. The van der Waals surface area contributed by atoms with Gasteiger partial charge in [0.1, 0.15) is 0 Å². The monoisotopic (exact) mass is 358 g/mol. The first kappa shape index (κ1) is 16.3. The first-order chi connectivity index (χ1) is 11.5. The number of H-pyrrole nitrogens is 1. The Morgan fingerprint density at radius 1 is 1.04 bits per heavy atom. The highest BCUT2D eigenvalue weighted by atomic mass is 35.5. The van der Waals surface area contributed by atoms with Crippen LogP contribution < -0.4 is 10.9 Å². The van der Waals surface area contributed by atoms with E-state index < -0.39 is 5.91 Å². The highest BCUT2D eigenvalue weighted by molar-refractivity contribution is 6.39. The Hall–Kier alpha value is -2.56. The van der Waals surface area contributed by atoms with Crippen molar-refractivity contribution in [2.45, 2.75) is 0 Å². The largest absolute Gasteiger partial charge is 0.321 e. The minimum absolute atomic E-state index is 0.270. The van der Waals surface area contributed by atoms with Gasteiger partial charge in [-0.15, -0.1) is 0 Å². The van der Waals surface area contributed by atoms with Gasteiger partial charge in [-0.1, -0.05) is 47.5 Å². The molecule has 24 heavy (non-hydrogen) atoms. The normalized spacial score (nSPS) is 11.1. The zero-order chi connectivity index (χ0) is 17.1. The van der Waals surface area contributed by atoms with Crippen LogP contribution in [0, 0.1) is 0 Å². The van der Waals surface area contributed by atoms with Crippen molar-refractivity contribution in [1.29, 1.82) is 0 Å². The van der Waals surface area contributed by atoms with Crippen LogP contribution >= 0.6 is 23.2 Å². The predicted octanol–water partition coefficient (Wildman–Crippen LogP) is 4.49. The zero-order valence-corrected chi connectivity index (χ0v) is 13.9. The molecule has 4 nitrogen and oxygen atoms in total. The smallest absolute Gasteiger partial charge is 0.255 e. The molecule has 0 atom stereocenters. The Labute approximate surface area is 147 Å². The lowest BCUT2D eigenvalue weighted by Gasteiger charge is -2.06. The summed E-state index contributed by atoms with van der Waals surface area (Å²) in [5, 5.41) is 4.17. The number of carbonyl (C=O) groups excluding carboxylic acids is 1. The van der Waals surface area contributed by atoms with Crippen LogP contribution in [0.3, 0.4) is 0 Å². The third-order valence-electron chi connectivity index (χ3n) is 3.41. The van der Waals surface area contributed by atoms with E-state index in [1.807, 2.05) is 24.3 Å². The van der Waals surface area contributed by atoms with Gasteiger partial charge in [-0.2, -0.15) is 0 Å². The van der Waals surface area contributed by atoms with E-state index in [9.17, 15) is 9.59 Å². The van der Waals surface area contributed by atoms with Gasteiger partial charge >= 0.3 is 0 Å². The van der Waals surface area contributed by atoms with Gasteiger partial charge < -0.3 is 10.3 Å². The van der Waals surface area contributed by atoms with Crippen molar-refractivity contribution >= 4 is 51.8 Å². The van der Waals surface area contributed by atoms with Crippen LogP contribution in [0.25, 0.3) is 17.0 Å². The third kappa shape index (κ3) is 3.50. The zero-order valence-electron chi connectivity index (χ0n) is 12.3. The molecule has 0 aliphatic rings. The molecule has 1 aromatic heterocycles. The summed E-state index contributed by atoms with van der Waals surface area (Å²) < 4.78 is 0. The van der Waals surface area contributed by atoms with Gasteiger partial charge in [0.2, 0.25) is 5.91 Å². The molecular formula is C18H12Cl2N2O2. The standard InChI is InChI=1S/C18H12Cl2N2O2/c19-13-5-3-6-14(20)17(13)22-16(23)9-8-12-10-11-4-1-2-7-15(11)21-18(12)24/h1-10H,(H,21,24)(H,22,23)/b9-8+. The summed E-state index contributed by atoms with van der Waals surface area (Å²) in [5.41, 5.74) is 1.19. The number of para-hydroxylation sites is 2. The minimum Gasteiger partial charge on any atom is -0.321 e. The fourth-order valence-corrected chi connectivity index (χ4v) is 2.73. The number of benzene rings is 2. The van der Waals surface area contributed by atoms with Crippen LogP contribution in [0.5, 0.6) is 0 Å². The Balaban J connectivity index is 1.84. The maximum atomic E-state index is 12.0. The van der Waals surface area contributed by atoms with E-state index in [-0.39, 0.29) is 5.56 Å². The molecular weight excluding hydrogens is 347 g/mol. The van der Waals surface area contributed by atoms with E-state index in [0.717, 1.165) is 10.9 Å². The van der Waals surface area contributed by atoms with E-state index in [4.69, 9.17) is 23.2 Å². The number of halogens is 2. The van der Waals surface area contributed by atoms with Gasteiger partial charge in [-0.3, -0.25) is 9.59 Å². The SMILES string of the molecule is O=C(/C=C/c1cc2ccccc2[nH]c1=O)Nc1c(Cl)cccc1Cl. The fraction of sp³-hybridized carbons (Fsp3) is 0. The topological polar surface area (TPSA) is 62.0 Å². The number of anilines is 1. The number of rotatable bonds is 3. The predicted molar refractivity (Wildman–Crippen MR) is 98.7 cm³/mol. The summed E-state index contributed by atoms with van der Waals surface area (Å²) in [6, 6.07) is 14.1. The Bertz CT molecular complexity index is 989. The van der Waals surface area contributed by atoms with Crippen molar-refractivity contribution in [1.82, 2.24) is 4.98 Å². The molecule has 0 saturated carbocycles. The van der Waals surface area contributed by atoms with E-state index in [2.05, 4.69) is 10.3 Å². The molecule has 3 aromatic rings. The highest BCUT2D eigenvalue weighted by Gasteiger charge is 2.07. The fourth-order valence-electron chi connectivity index (χ4n) is 2.24. The van der Waals surface area contributed by atoms with Crippen LogP contribution in [0.4, 0.5) is 5.69 Å². The average Bonchev–Trinajstić information content (AvgIpc) is 2.56. The van der Waals surface area contributed by atoms with Gasteiger partial charge in [-0.05, 0) is 35.7 Å². The van der Waals surface area contributed by atoms with Crippen molar-refractivity contribution in [2.75, 3.05) is 5.32 Å². The molecule has 0 saturated heterocycles. The Morgan fingerprint density at radius 3 is 2.50 bits per heavy atom. The molecule has 120 valence electrons. The second-order valence-corrected chi connectivity index (χ2v) is 5.87. The molecule has 0 aliphatic carbocycles. The summed E-state index contributed by atoms with van der Waals surface area (Å²) in [6.07, 6.45) is 2.71. The van der Waals surface area contributed by atoms with E-state index >= 15 is 0 Å². The van der Waals surface area contributed by atoms with E-state index in [0.29, 0.717) is 21.3 Å². The highest BCUT2D eigenvalue weighted by Crippen LogP contribution is 2.29. The molecule has 2 N–H and O–H groups in total. The summed E-state index contributed by atoms with van der Waals surface area (Å²) in [4.78, 5) is 26.8. The second kappa shape index (κ2) is 6.91. The second-order valence-electron chi connectivity index (χ2n) is 5.06. The maximum absolute atomic E-state index is 12.0. The van der Waals surface area contributed by atoms with Crippen molar-refractivity contribution in [3.63, 3.8) is 0 Å². The lowest BCUT2D eigenvalue weighted by atomic mass is 10.1. The van der Waals surface area contributed by atoms with E-state index in [1.165, 1.54) is 12.2 Å². The van der Waals surface area contributed by atoms with Crippen molar-refractivity contribution < 1.29 is 4.79 Å². The molecule has 0 fully saturated rings. The number of aromatic amines is 1. The van der Waals surface area contributed by atoms with Gasteiger partial charge in [0.05, 0.1) is 15.7 Å². The molecule has 0 unspecified atom stereocenters. The minimum atomic E-state index is -0.433. The van der Waals surface area contributed by atoms with Gasteiger partial charge in [-0.25, -0.2) is 0 Å². The number of aromatic nitrogens is 1. The molecule has 0 bridgehead atoms. The lowest BCUT2D eigenvalue weighted by molar-refractivity contribution is -0.111. The number of hydrogen-bond acceptors (Lipinski definition) is 2. The molecule has 2 aromatic carbocycles. The number of pyridine rings is 1. The first-order valence-electron chi connectivity index (χ1n) is 7.10. The first-order valence-corrected chi connectivity index (χ1v) is 7.85. The van der Waals surface area contributed by atoms with Crippen molar-refractivity contribution in [2.24, 2.45) is 0 Å². The van der Waals surface area contributed by atoms with Crippen LogP contribution in [0.2, 0.25) is 10.0 Å². The molecule has 0 aliphatic heterocycles. The summed E-state index contributed by atoms with van der Waals surface area (Å²) in [6.45, 7) is 0. The molecule has 1 heterocycles. The van der Waals surface area contributed by atoms with Crippen molar-refractivity contribution in [3.05, 3.63) is 80.6 Å². The molecule has 0 spiro atoms. The molecule has 0 radical (unpaired) electrons. The van der Waals surface area contributed by atoms with Crippen LogP contribution in [0.1, 0.15) is 5.56 Å². The van der Waals surface area contributed by atoms with Gasteiger partial charge in [0.15, 0.2) is 0 Å². The van der Waals surface area contributed by atoms with Gasteiger partial charge in [0, 0.05) is 17.2 Å².